The van der Waals surface area contributed by atoms with Crippen LogP contribution in [0.25, 0.3) is 0 Å². The van der Waals surface area contributed by atoms with Gasteiger partial charge in [0.25, 0.3) is 5.91 Å². The van der Waals surface area contributed by atoms with Crippen LogP contribution in [0.3, 0.4) is 0 Å². The summed E-state index contributed by atoms with van der Waals surface area (Å²) in [5.74, 6) is 0.635. The van der Waals surface area contributed by atoms with Gasteiger partial charge in [0.1, 0.15) is 5.56 Å². The van der Waals surface area contributed by atoms with Gasteiger partial charge in [-0.25, -0.2) is 0 Å². The highest BCUT2D eigenvalue weighted by atomic mass is 16.5. The summed E-state index contributed by atoms with van der Waals surface area (Å²) in [6, 6.07) is 7.99. The molecule has 112 valence electrons. The number of nitrogens with zero attached hydrogens (tertiary/aromatic N) is 1. The van der Waals surface area contributed by atoms with E-state index >= 15 is 0 Å². The van der Waals surface area contributed by atoms with Crippen molar-refractivity contribution in [3.05, 3.63) is 52.4 Å². The molecule has 0 saturated carbocycles. The van der Waals surface area contributed by atoms with Crippen LogP contribution in [0.15, 0.2) is 28.8 Å². The van der Waals surface area contributed by atoms with E-state index in [1.807, 2.05) is 52.0 Å². The average molecular weight is 286 g/mol. The largest absolute Gasteiger partial charge is 0.360 e. The highest BCUT2D eigenvalue weighted by Gasteiger charge is 2.24. The summed E-state index contributed by atoms with van der Waals surface area (Å²) < 4.78 is 5.28. The standard InChI is InChI=1S/C17H22N2O2/c1-10(2)16-15(13(5)19-21-16)17(20)18-12(4)14-9-7-6-8-11(14)3/h6-10,12H,1-5H3,(H,18,20). The molecule has 2 rings (SSSR count). The van der Waals surface area contributed by atoms with E-state index in [0.29, 0.717) is 17.0 Å². The molecule has 1 atom stereocenters. The molecule has 0 spiro atoms. The fourth-order valence-corrected chi connectivity index (χ4v) is 2.48. The Bertz CT molecular complexity index is 644. The predicted octanol–water partition coefficient (Wildman–Crippen LogP) is 3.91. The van der Waals surface area contributed by atoms with Gasteiger partial charge in [-0.15, -0.1) is 0 Å². The van der Waals surface area contributed by atoms with Crippen LogP contribution >= 0.6 is 0 Å². The van der Waals surface area contributed by atoms with Gasteiger partial charge in [0, 0.05) is 5.92 Å². The molecule has 0 fully saturated rings. The number of benzene rings is 1. The summed E-state index contributed by atoms with van der Waals surface area (Å²) in [6.45, 7) is 9.80. The van der Waals surface area contributed by atoms with Gasteiger partial charge < -0.3 is 9.84 Å². The Balaban J connectivity index is 2.23. The zero-order valence-electron chi connectivity index (χ0n) is 13.2. The summed E-state index contributed by atoms with van der Waals surface area (Å²) >= 11 is 0. The molecule has 21 heavy (non-hydrogen) atoms. The van der Waals surface area contributed by atoms with Gasteiger partial charge in [0.2, 0.25) is 0 Å². The number of carbonyl (C=O) groups is 1. The Morgan fingerprint density at radius 3 is 2.48 bits per heavy atom. The van der Waals surface area contributed by atoms with Crippen LogP contribution in [0.2, 0.25) is 0 Å². The molecule has 1 aromatic carbocycles. The second-order valence-electron chi connectivity index (χ2n) is 5.71. The maximum Gasteiger partial charge on any atom is 0.257 e. The summed E-state index contributed by atoms with van der Waals surface area (Å²) in [5.41, 5.74) is 3.47. The molecule has 1 unspecified atom stereocenters. The van der Waals surface area contributed by atoms with Gasteiger partial charge in [-0.05, 0) is 31.9 Å². The Hall–Kier alpha value is -2.10. The van der Waals surface area contributed by atoms with E-state index < -0.39 is 0 Å². The molecule has 0 aliphatic carbocycles. The van der Waals surface area contributed by atoms with Crippen molar-refractivity contribution in [2.45, 2.75) is 46.6 Å². The number of hydrogen-bond acceptors (Lipinski definition) is 3. The highest BCUT2D eigenvalue weighted by Crippen LogP contribution is 2.23. The van der Waals surface area contributed by atoms with E-state index in [1.54, 1.807) is 6.92 Å². The Labute approximate surface area is 125 Å². The molecule has 0 radical (unpaired) electrons. The summed E-state index contributed by atoms with van der Waals surface area (Å²) in [7, 11) is 0. The fraction of sp³-hybridized carbons (Fsp3) is 0.412. The van der Waals surface area contributed by atoms with Gasteiger partial charge in [-0.2, -0.15) is 0 Å². The van der Waals surface area contributed by atoms with Crippen molar-refractivity contribution in [1.82, 2.24) is 10.5 Å². The number of aromatic nitrogens is 1. The minimum atomic E-state index is -0.131. The summed E-state index contributed by atoms with van der Waals surface area (Å²) in [6.07, 6.45) is 0. The molecule has 2 aromatic rings. The maximum absolute atomic E-state index is 12.5. The second kappa shape index (κ2) is 6.12. The van der Waals surface area contributed by atoms with E-state index in [2.05, 4.69) is 10.5 Å². The van der Waals surface area contributed by atoms with Gasteiger partial charge in [-0.1, -0.05) is 43.3 Å². The van der Waals surface area contributed by atoms with Crippen molar-refractivity contribution >= 4 is 5.91 Å². The molecule has 0 aliphatic rings. The Morgan fingerprint density at radius 1 is 1.19 bits per heavy atom. The van der Waals surface area contributed by atoms with Crippen molar-refractivity contribution < 1.29 is 9.32 Å². The third-order valence-corrected chi connectivity index (χ3v) is 3.64. The number of rotatable bonds is 4. The molecule has 0 bridgehead atoms. The van der Waals surface area contributed by atoms with Crippen LogP contribution < -0.4 is 5.32 Å². The topological polar surface area (TPSA) is 55.1 Å². The predicted molar refractivity (Wildman–Crippen MR) is 82.4 cm³/mol. The van der Waals surface area contributed by atoms with E-state index in [4.69, 9.17) is 4.52 Å². The lowest BCUT2D eigenvalue weighted by molar-refractivity contribution is 0.0936. The molecule has 1 heterocycles. The van der Waals surface area contributed by atoms with Crippen LogP contribution in [0, 0.1) is 13.8 Å². The third-order valence-electron chi connectivity index (χ3n) is 3.64. The van der Waals surface area contributed by atoms with Gasteiger partial charge >= 0.3 is 0 Å². The number of carbonyl (C=O) groups excluding carboxylic acids is 1. The van der Waals surface area contributed by atoms with E-state index in [0.717, 1.165) is 11.1 Å². The fourth-order valence-electron chi connectivity index (χ4n) is 2.48. The zero-order valence-corrected chi connectivity index (χ0v) is 13.2. The molecule has 0 saturated heterocycles. The van der Waals surface area contributed by atoms with Crippen molar-refractivity contribution in [3.8, 4) is 0 Å². The van der Waals surface area contributed by atoms with E-state index in [9.17, 15) is 4.79 Å². The number of hydrogen-bond donors (Lipinski definition) is 1. The molecular formula is C17H22N2O2. The minimum Gasteiger partial charge on any atom is -0.360 e. The molecule has 1 aromatic heterocycles. The highest BCUT2D eigenvalue weighted by molar-refractivity contribution is 5.96. The number of amides is 1. The molecular weight excluding hydrogens is 264 g/mol. The molecule has 1 N–H and O–H groups in total. The quantitative estimate of drug-likeness (QED) is 0.927. The van der Waals surface area contributed by atoms with Crippen molar-refractivity contribution in [2.75, 3.05) is 0 Å². The normalized spacial score (nSPS) is 12.5. The summed E-state index contributed by atoms with van der Waals surface area (Å²) in [5, 5.41) is 6.96. The van der Waals surface area contributed by atoms with Gasteiger partial charge in [0.15, 0.2) is 5.76 Å². The average Bonchev–Trinajstić information content (AvgIpc) is 2.81. The summed E-state index contributed by atoms with van der Waals surface area (Å²) in [4.78, 5) is 12.5. The second-order valence-corrected chi connectivity index (χ2v) is 5.71. The van der Waals surface area contributed by atoms with Gasteiger partial charge in [-0.3, -0.25) is 4.79 Å². The first-order chi connectivity index (χ1) is 9.91. The van der Waals surface area contributed by atoms with Crippen molar-refractivity contribution in [1.29, 1.82) is 0 Å². The Kier molecular flexibility index (Phi) is 4.46. The van der Waals surface area contributed by atoms with Crippen LogP contribution in [0.4, 0.5) is 0 Å². The van der Waals surface area contributed by atoms with Crippen LogP contribution in [-0.4, -0.2) is 11.1 Å². The smallest absolute Gasteiger partial charge is 0.257 e. The first kappa shape index (κ1) is 15.3. The zero-order chi connectivity index (χ0) is 15.6. The van der Waals surface area contributed by atoms with Crippen LogP contribution in [0.5, 0.6) is 0 Å². The SMILES string of the molecule is Cc1ccccc1C(C)NC(=O)c1c(C)noc1C(C)C. The lowest BCUT2D eigenvalue weighted by Crippen LogP contribution is -2.28. The van der Waals surface area contributed by atoms with Gasteiger partial charge in [0.05, 0.1) is 11.7 Å². The monoisotopic (exact) mass is 286 g/mol. The minimum absolute atomic E-state index is 0.0620. The first-order valence-electron chi connectivity index (χ1n) is 7.24. The van der Waals surface area contributed by atoms with Crippen LogP contribution in [0.1, 0.15) is 65.7 Å². The molecule has 4 nitrogen and oxygen atoms in total. The molecule has 4 heteroatoms. The number of aryl methyl sites for hydroxylation is 2. The van der Waals surface area contributed by atoms with Crippen LogP contribution in [-0.2, 0) is 0 Å². The first-order valence-corrected chi connectivity index (χ1v) is 7.24. The van der Waals surface area contributed by atoms with E-state index in [-0.39, 0.29) is 17.9 Å². The van der Waals surface area contributed by atoms with Crippen molar-refractivity contribution in [3.63, 3.8) is 0 Å². The lowest BCUT2D eigenvalue weighted by atomic mass is 10.0. The molecule has 0 aliphatic heterocycles. The lowest BCUT2D eigenvalue weighted by Gasteiger charge is -2.17. The third kappa shape index (κ3) is 3.15. The number of nitrogens with one attached hydrogen (secondary N) is 1. The van der Waals surface area contributed by atoms with E-state index in [1.165, 1.54) is 0 Å². The maximum atomic E-state index is 12.5. The molecule has 1 amide bonds. The Morgan fingerprint density at radius 2 is 1.86 bits per heavy atom. The van der Waals surface area contributed by atoms with Crippen molar-refractivity contribution in [2.24, 2.45) is 0 Å².